The molecule has 1 N–H and O–H groups in total. The number of aryl methyl sites for hydroxylation is 1. The number of morpholine rings is 1. The number of anilines is 1. The van der Waals surface area contributed by atoms with Crippen molar-refractivity contribution < 1.29 is 4.74 Å². The van der Waals surface area contributed by atoms with Crippen molar-refractivity contribution >= 4 is 5.82 Å². The first-order valence-corrected chi connectivity index (χ1v) is 8.16. The molecule has 5 nitrogen and oxygen atoms in total. The normalized spacial score (nSPS) is 22.4. The zero-order valence-electron chi connectivity index (χ0n) is 13.1. The van der Waals surface area contributed by atoms with Gasteiger partial charge in [0.1, 0.15) is 12.1 Å². The van der Waals surface area contributed by atoms with Crippen molar-refractivity contribution in [1.29, 1.82) is 0 Å². The van der Waals surface area contributed by atoms with E-state index in [1.54, 1.807) is 6.33 Å². The Morgan fingerprint density at radius 3 is 3.05 bits per heavy atom. The van der Waals surface area contributed by atoms with Gasteiger partial charge in [-0.2, -0.15) is 0 Å². The highest BCUT2D eigenvalue weighted by atomic mass is 16.5. The van der Waals surface area contributed by atoms with Crippen LogP contribution in [0.3, 0.4) is 0 Å². The van der Waals surface area contributed by atoms with Crippen molar-refractivity contribution in [3.8, 4) is 0 Å². The van der Waals surface area contributed by atoms with Crippen molar-refractivity contribution in [2.24, 2.45) is 0 Å². The first kappa shape index (κ1) is 14.7. The Hall–Kier alpha value is -1.20. The molecular formula is C16H26N4O. The third-order valence-electron chi connectivity index (χ3n) is 4.36. The summed E-state index contributed by atoms with van der Waals surface area (Å²) < 4.78 is 5.69. The van der Waals surface area contributed by atoms with E-state index in [4.69, 9.17) is 4.74 Å². The van der Waals surface area contributed by atoms with Gasteiger partial charge in [0, 0.05) is 30.4 Å². The highest BCUT2D eigenvalue weighted by Gasteiger charge is 2.28. The molecule has 2 aliphatic rings. The van der Waals surface area contributed by atoms with Crippen LogP contribution in [-0.2, 0) is 17.6 Å². The summed E-state index contributed by atoms with van der Waals surface area (Å²) in [5, 5.41) is 3.53. The second-order valence-electron chi connectivity index (χ2n) is 6.31. The van der Waals surface area contributed by atoms with Crippen LogP contribution in [0, 0.1) is 0 Å². The van der Waals surface area contributed by atoms with Crippen molar-refractivity contribution in [3.05, 3.63) is 17.6 Å². The van der Waals surface area contributed by atoms with Crippen LogP contribution >= 0.6 is 0 Å². The molecule has 1 aromatic rings. The third kappa shape index (κ3) is 3.35. The minimum Gasteiger partial charge on any atom is -0.377 e. The first-order chi connectivity index (χ1) is 10.3. The summed E-state index contributed by atoms with van der Waals surface area (Å²) >= 11 is 0. The van der Waals surface area contributed by atoms with Gasteiger partial charge in [0.2, 0.25) is 0 Å². The lowest BCUT2D eigenvalue weighted by Gasteiger charge is -2.38. The Kier molecular flexibility index (Phi) is 4.70. The summed E-state index contributed by atoms with van der Waals surface area (Å²) in [4.78, 5) is 11.5. The standard InChI is InChI=1S/C16H26N4O/c1-12(2)17-9-13-10-21-8-7-20(13)16-14-5-3-4-6-15(14)18-11-19-16/h11-13,17H,3-10H2,1-2H3. The molecular weight excluding hydrogens is 264 g/mol. The summed E-state index contributed by atoms with van der Waals surface area (Å²) in [6.45, 7) is 7.79. The summed E-state index contributed by atoms with van der Waals surface area (Å²) in [5.74, 6) is 1.15. The molecule has 0 amide bonds. The molecule has 1 aliphatic heterocycles. The van der Waals surface area contributed by atoms with Crippen LogP contribution in [0.25, 0.3) is 0 Å². The Morgan fingerprint density at radius 1 is 1.33 bits per heavy atom. The quantitative estimate of drug-likeness (QED) is 0.912. The fourth-order valence-electron chi connectivity index (χ4n) is 3.23. The summed E-state index contributed by atoms with van der Waals surface area (Å²) in [7, 11) is 0. The van der Waals surface area contributed by atoms with Crippen molar-refractivity contribution in [2.75, 3.05) is 31.2 Å². The average Bonchev–Trinajstić information content (AvgIpc) is 2.53. The molecule has 0 saturated carbocycles. The monoisotopic (exact) mass is 290 g/mol. The van der Waals surface area contributed by atoms with E-state index in [-0.39, 0.29) is 0 Å². The lowest BCUT2D eigenvalue weighted by molar-refractivity contribution is 0.0926. The van der Waals surface area contributed by atoms with Gasteiger partial charge in [-0.1, -0.05) is 13.8 Å². The molecule has 116 valence electrons. The van der Waals surface area contributed by atoms with E-state index in [0.717, 1.165) is 45.0 Å². The molecule has 1 aliphatic carbocycles. The van der Waals surface area contributed by atoms with Gasteiger partial charge in [-0.25, -0.2) is 9.97 Å². The van der Waals surface area contributed by atoms with Gasteiger partial charge >= 0.3 is 0 Å². The minimum atomic E-state index is 0.363. The number of fused-ring (bicyclic) bond motifs is 1. The Labute approximate surface area is 127 Å². The van der Waals surface area contributed by atoms with Gasteiger partial charge < -0.3 is 15.0 Å². The molecule has 1 atom stereocenters. The van der Waals surface area contributed by atoms with E-state index < -0.39 is 0 Å². The van der Waals surface area contributed by atoms with Crippen LogP contribution in [0.15, 0.2) is 6.33 Å². The fourth-order valence-corrected chi connectivity index (χ4v) is 3.23. The van der Waals surface area contributed by atoms with Crippen LogP contribution < -0.4 is 10.2 Å². The molecule has 0 bridgehead atoms. The van der Waals surface area contributed by atoms with E-state index in [1.165, 1.54) is 24.1 Å². The number of hydrogen-bond donors (Lipinski definition) is 1. The van der Waals surface area contributed by atoms with Crippen molar-refractivity contribution in [3.63, 3.8) is 0 Å². The van der Waals surface area contributed by atoms with E-state index in [2.05, 4.69) is 34.0 Å². The zero-order chi connectivity index (χ0) is 14.7. The summed E-state index contributed by atoms with van der Waals surface area (Å²) in [6.07, 6.45) is 6.47. The predicted molar refractivity (Wildman–Crippen MR) is 83.8 cm³/mol. The average molecular weight is 290 g/mol. The van der Waals surface area contributed by atoms with Crippen LogP contribution in [0.5, 0.6) is 0 Å². The molecule has 0 spiro atoms. The molecule has 2 heterocycles. The molecule has 21 heavy (non-hydrogen) atoms. The molecule has 1 fully saturated rings. The number of aromatic nitrogens is 2. The maximum absolute atomic E-state index is 5.69. The fraction of sp³-hybridized carbons (Fsp3) is 0.750. The molecule has 5 heteroatoms. The van der Waals surface area contributed by atoms with Crippen LogP contribution in [0.1, 0.15) is 37.9 Å². The second kappa shape index (κ2) is 6.71. The van der Waals surface area contributed by atoms with Gasteiger partial charge in [0.25, 0.3) is 0 Å². The third-order valence-corrected chi connectivity index (χ3v) is 4.36. The lowest BCUT2D eigenvalue weighted by Crippen LogP contribution is -2.52. The number of hydrogen-bond acceptors (Lipinski definition) is 5. The van der Waals surface area contributed by atoms with Gasteiger partial charge in [-0.05, 0) is 25.7 Å². The summed E-state index contributed by atoms with van der Waals surface area (Å²) in [6, 6.07) is 0.857. The molecule has 1 aromatic heterocycles. The highest BCUT2D eigenvalue weighted by Crippen LogP contribution is 2.28. The first-order valence-electron chi connectivity index (χ1n) is 8.16. The van der Waals surface area contributed by atoms with Gasteiger partial charge in [0.05, 0.1) is 19.3 Å². The maximum Gasteiger partial charge on any atom is 0.135 e. The van der Waals surface area contributed by atoms with Gasteiger partial charge in [-0.3, -0.25) is 0 Å². The molecule has 0 aromatic carbocycles. The largest absolute Gasteiger partial charge is 0.377 e. The van der Waals surface area contributed by atoms with Gasteiger partial charge in [0.15, 0.2) is 0 Å². The maximum atomic E-state index is 5.69. The number of nitrogens with one attached hydrogen (secondary N) is 1. The lowest BCUT2D eigenvalue weighted by atomic mass is 9.95. The van der Waals surface area contributed by atoms with E-state index >= 15 is 0 Å². The second-order valence-corrected chi connectivity index (χ2v) is 6.31. The number of rotatable bonds is 4. The van der Waals surface area contributed by atoms with E-state index in [1.807, 2.05) is 0 Å². The topological polar surface area (TPSA) is 50.3 Å². The van der Waals surface area contributed by atoms with Crippen molar-refractivity contribution in [1.82, 2.24) is 15.3 Å². The van der Waals surface area contributed by atoms with E-state index in [0.29, 0.717) is 12.1 Å². The SMILES string of the molecule is CC(C)NCC1COCCN1c1ncnc2c1CCCC2. The number of nitrogens with zero attached hydrogens (tertiary/aromatic N) is 3. The Balaban J connectivity index is 1.82. The Bertz CT molecular complexity index is 477. The van der Waals surface area contributed by atoms with E-state index in [9.17, 15) is 0 Å². The smallest absolute Gasteiger partial charge is 0.135 e. The molecule has 3 rings (SSSR count). The molecule has 1 saturated heterocycles. The molecule has 1 unspecified atom stereocenters. The zero-order valence-corrected chi connectivity index (χ0v) is 13.1. The van der Waals surface area contributed by atoms with Crippen LogP contribution in [0.4, 0.5) is 5.82 Å². The van der Waals surface area contributed by atoms with Crippen molar-refractivity contribution in [2.45, 2.75) is 51.6 Å². The summed E-state index contributed by atoms with van der Waals surface area (Å²) in [5.41, 5.74) is 2.63. The minimum absolute atomic E-state index is 0.363. The molecule has 0 radical (unpaired) electrons. The highest BCUT2D eigenvalue weighted by molar-refractivity contribution is 5.51. The Morgan fingerprint density at radius 2 is 2.19 bits per heavy atom. The van der Waals surface area contributed by atoms with Crippen LogP contribution in [-0.4, -0.2) is 48.4 Å². The predicted octanol–water partition coefficient (Wildman–Crippen LogP) is 1.56. The number of ether oxygens (including phenoxy) is 1. The van der Waals surface area contributed by atoms with Crippen LogP contribution in [0.2, 0.25) is 0 Å². The van der Waals surface area contributed by atoms with Gasteiger partial charge in [-0.15, -0.1) is 0 Å².